The number of methoxy groups -OCH3 is 1. The SMILES string of the molecule is COc1ccc2nc(C)cc(C(=O)N[C@@H]3CCCOC3)c2c1. The molecule has 0 aliphatic carbocycles. The van der Waals surface area contributed by atoms with Gasteiger partial charge in [-0.15, -0.1) is 0 Å². The molecular formula is C17H20N2O3. The zero-order valence-electron chi connectivity index (χ0n) is 12.9. The number of hydrogen-bond acceptors (Lipinski definition) is 4. The molecule has 22 heavy (non-hydrogen) atoms. The van der Waals surface area contributed by atoms with Gasteiger partial charge in [0.2, 0.25) is 0 Å². The third-order valence-corrected chi connectivity index (χ3v) is 3.88. The van der Waals surface area contributed by atoms with Crippen LogP contribution in [0.5, 0.6) is 5.75 Å². The van der Waals surface area contributed by atoms with E-state index in [-0.39, 0.29) is 11.9 Å². The van der Waals surface area contributed by atoms with Gasteiger partial charge in [-0.05, 0) is 44.0 Å². The molecule has 5 heteroatoms. The molecule has 1 fully saturated rings. The van der Waals surface area contributed by atoms with E-state index < -0.39 is 0 Å². The average Bonchev–Trinajstić information content (AvgIpc) is 2.54. The summed E-state index contributed by atoms with van der Waals surface area (Å²) in [6.45, 7) is 3.25. The van der Waals surface area contributed by atoms with Crippen molar-refractivity contribution in [3.05, 3.63) is 35.5 Å². The van der Waals surface area contributed by atoms with Crippen LogP contribution in [0.2, 0.25) is 0 Å². The number of nitrogens with zero attached hydrogens (tertiary/aromatic N) is 1. The normalized spacial score (nSPS) is 18.2. The first kappa shape index (κ1) is 14.8. The Morgan fingerprint density at radius 2 is 2.27 bits per heavy atom. The Kier molecular flexibility index (Phi) is 4.24. The second kappa shape index (κ2) is 6.32. The van der Waals surface area contributed by atoms with Crippen molar-refractivity contribution in [3.8, 4) is 5.75 Å². The Balaban J connectivity index is 1.95. The van der Waals surface area contributed by atoms with Crippen LogP contribution in [0, 0.1) is 6.92 Å². The number of pyridine rings is 1. The molecule has 1 saturated heterocycles. The van der Waals surface area contributed by atoms with Crippen LogP contribution < -0.4 is 10.1 Å². The highest BCUT2D eigenvalue weighted by molar-refractivity contribution is 6.06. The minimum absolute atomic E-state index is 0.0791. The molecule has 2 heterocycles. The number of carbonyl (C=O) groups is 1. The molecule has 1 amide bonds. The summed E-state index contributed by atoms with van der Waals surface area (Å²) in [5.41, 5.74) is 2.25. The van der Waals surface area contributed by atoms with Gasteiger partial charge in [-0.1, -0.05) is 0 Å². The average molecular weight is 300 g/mol. The molecule has 1 aliphatic heterocycles. The molecule has 1 aromatic heterocycles. The van der Waals surface area contributed by atoms with Gasteiger partial charge in [-0.3, -0.25) is 9.78 Å². The number of carbonyl (C=O) groups excluding carboxylic acids is 1. The van der Waals surface area contributed by atoms with E-state index in [0.717, 1.165) is 36.0 Å². The van der Waals surface area contributed by atoms with E-state index in [0.29, 0.717) is 17.9 Å². The zero-order chi connectivity index (χ0) is 15.5. The lowest BCUT2D eigenvalue weighted by atomic mass is 10.0. The first-order valence-corrected chi connectivity index (χ1v) is 7.51. The molecule has 0 spiro atoms. The molecule has 1 N–H and O–H groups in total. The Hall–Kier alpha value is -2.14. The van der Waals surface area contributed by atoms with E-state index in [1.54, 1.807) is 7.11 Å². The molecule has 2 aromatic rings. The lowest BCUT2D eigenvalue weighted by Crippen LogP contribution is -2.40. The zero-order valence-corrected chi connectivity index (χ0v) is 12.9. The molecule has 116 valence electrons. The van der Waals surface area contributed by atoms with Crippen molar-refractivity contribution >= 4 is 16.8 Å². The van der Waals surface area contributed by atoms with Crippen LogP contribution >= 0.6 is 0 Å². The quantitative estimate of drug-likeness (QED) is 0.946. The van der Waals surface area contributed by atoms with Crippen molar-refractivity contribution in [2.75, 3.05) is 20.3 Å². The second-order valence-electron chi connectivity index (χ2n) is 5.58. The monoisotopic (exact) mass is 300 g/mol. The minimum atomic E-state index is -0.0840. The van der Waals surface area contributed by atoms with E-state index in [2.05, 4.69) is 10.3 Å². The Labute approximate surface area is 129 Å². The predicted octanol–water partition coefficient (Wildman–Crippen LogP) is 2.46. The number of nitrogens with one attached hydrogen (secondary N) is 1. The minimum Gasteiger partial charge on any atom is -0.497 e. The topological polar surface area (TPSA) is 60.5 Å². The largest absolute Gasteiger partial charge is 0.497 e. The molecule has 0 saturated carbocycles. The van der Waals surface area contributed by atoms with Crippen molar-refractivity contribution < 1.29 is 14.3 Å². The lowest BCUT2D eigenvalue weighted by Gasteiger charge is -2.23. The highest BCUT2D eigenvalue weighted by Gasteiger charge is 2.19. The fourth-order valence-electron chi connectivity index (χ4n) is 2.77. The summed E-state index contributed by atoms with van der Waals surface area (Å²) in [5.74, 6) is 0.632. The number of ether oxygens (including phenoxy) is 2. The van der Waals surface area contributed by atoms with Gasteiger partial charge < -0.3 is 14.8 Å². The van der Waals surface area contributed by atoms with Crippen molar-refractivity contribution in [2.45, 2.75) is 25.8 Å². The maximum Gasteiger partial charge on any atom is 0.252 e. The summed E-state index contributed by atoms with van der Waals surface area (Å²) in [4.78, 5) is 17.1. The van der Waals surface area contributed by atoms with E-state index in [1.807, 2.05) is 31.2 Å². The fourth-order valence-corrected chi connectivity index (χ4v) is 2.77. The number of rotatable bonds is 3. The number of hydrogen-bond donors (Lipinski definition) is 1. The number of fused-ring (bicyclic) bond motifs is 1. The van der Waals surface area contributed by atoms with Gasteiger partial charge in [0.25, 0.3) is 5.91 Å². The Morgan fingerprint density at radius 1 is 1.41 bits per heavy atom. The van der Waals surface area contributed by atoms with Crippen LogP contribution in [0.25, 0.3) is 10.9 Å². The third-order valence-electron chi connectivity index (χ3n) is 3.88. The van der Waals surface area contributed by atoms with Gasteiger partial charge in [0.15, 0.2) is 0 Å². The van der Waals surface area contributed by atoms with E-state index >= 15 is 0 Å². The molecule has 0 unspecified atom stereocenters. The van der Waals surface area contributed by atoms with Crippen LogP contribution in [0.1, 0.15) is 28.9 Å². The van der Waals surface area contributed by atoms with E-state index in [9.17, 15) is 4.79 Å². The van der Waals surface area contributed by atoms with Crippen LogP contribution in [0.3, 0.4) is 0 Å². The number of aromatic nitrogens is 1. The van der Waals surface area contributed by atoms with Crippen LogP contribution in [0.15, 0.2) is 24.3 Å². The van der Waals surface area contributed by atoms with Crippen molar-refractivity contribution in [3.63, 3.8) is 0 Å². The summed E-state index contributed by atoms with van der Waals surface area (Å²) in [7, 11) is 1.61. The highest BCUT2D eigenvalue weighted by Crippen LogP contribution is 2.24. The van der Waals surface area contributed by atoms with E-state index in [1.165, 1.54) is 0 Å². The molecule has 1 aliphatic rings. The van der Waals surface area contributed by atoms with Crippen LogP contribution in [-0.4, -0.2) is 37.3 Å². The molecule has 1 atom stereocenters. The number of amides is 1. The van der Waals surface area contributed by atoms with Crippen LogP contribution in [0.4, 0.5) is 0 Å². The molecule has 5 nitrogen and oxygen atoms in total. The smallest absolute Gasteiger partial charge is 0.252 e. The lowest BCUT2D eigenvalue weighted by molar-refractivity contribution is 0.0625. The van der Waals surface area contributed by atoms with Gasteiger partial charge >= 0.3 is 0 Å². The first-order valence-electron chi connectivity index (χ1n) is 7.51. The third kappa shape index (κ3) is 3.04. The van der Waals surface area contributed by atoms with Crippen LogP contribution in [-0.2, 0) is 4.74 Å². The second-order valence-corrected chi connectivity index (χ2v) is 5.58. The summed E-state index contributed by atoms with van der Waals surface area (Å²) >= 11 is 0. The van der Waals surface area contributed by atoms with E-state index in [4.69, 9.17) is 9.47 Å². The maximum absolute atomic E-state index is 12.6. The highest BCUT2D eigenvalue weighted by atomic mass is 16.5. The fraction of sp³-hybridized carbons (Fsp3) is 0.412. The number of benzene rings is 1. The van der Waals surface area contributed by atoms with Gasteiger partial charge in [0.05, 0.1) is 30.8 Å². The molecule has 0 bridgehead atoms. The summed E-state index contributed by atoms with van der Waals surface area (Å²) in [6.07, 6.45) is 1.94. The van der Waals surface area contributed by atoms with Gasteiger partial charge in [-0.25, -0.2) is 0 Å². The molecular weight excluding hydrogens is 280 g/mol. The van der Waals surface area contributed by atoms with Gasteiger partial charge in [0, 0.05) is 17.7 Å². The Morgan fingerprint density at radius 3 is 3.00 bits per heavy atom. The molecule has 1 aromatic carbocycles. The standard InChI is InChI=1S/C17H20N2O3/c1-11-8-15(17(20)19-12-4-3-7-22-10-12)14-9-13(21-2)5-6-16(14)18-11/h5-6,8-9,12H,3-4,7,10H2,1-2H3,(H,19,20)/t12-/m1/s1. The summed E-state index contributed by atoms with van der Waals surface area (Å²) in [6, 6.07) is 7.48. The molecule has 3 rings (SSSR count). The first-order chi connectivity index (χ1) is 10.7. The summed E-state index contributed by atoms with van der Waals surface area (Å²) < 4.78 is 10.7. The summed E-state index contributed by atoms with van der Waals surface area (Å²) in [5, 5.41) is 3.86. The number of aryl methyl sites for hydroxylation is 1. The maximum atomic E-state index is 12.6. The van der Waals surface area contributed by atoms with Gasteiger partial charge in [-0.2, -0.15) is 0 Å². The Bertz CT molecular complexity index is 694. The predicted molar refractivity (Wildman–Crippen MR) is 84.3 cm³/mol. The van der Waals surface area contributed by atoms with Crippen molar-refractivity contribution in [2.24, 2.45) is 0 Å². The van der Waals surface area contributed by atoms with Crippen molar-refractivity contribution in [1.29, 1.82) is 0 Å². The van der Waals surface area contributed by atoms with Gasteiger partial charge in [0.1, 0.15) is 5.75 Å². The molecule has 0 radical (unpaired) electrons. The van der Waals surface area contributed by atoms with Crippen molar-refractivity contribution in [1.82, 2.24) is 10.3 Å².